The van der Waals surface area contributed by atoms with Gasteiger partial charge in [-0.25, -0.2) is 13.1 Å². The number of benzene rings is 2. The molecule has 0 aliphatic heterocycles. The van der Waals surface area contributed by atoms with E-state index in [1.54, 1.807) is 33.1 Å². The second kappa shape index (κ2) is 9.87. The highest BCUT2D eigenvalue weighted by atomic mass is 32.2. The summed E-state index contributed by atoms with van der Waals surface area (Å²) in [7, 11) is -0.0647. The number of likely N-dealkylation sites (N-methyl/N-ethyl adjacent to an activating group) is 1. The number of anilines is 1. The van der Waals surface area contributed by atoms with Crippen LogP contribution in [0.5, 0.6) is 5.75 Å². The first-order valence-corrected chi connectivity index (χ1v) is 10.9. The number of sulfonamides is 1. The normalized spacial score (nSPS) is 12.8. The summed E-state index contributed by atoms with van der Waals surface area (Å²) in [5.41, 5.74) is 1.58. The standard InChI is InChI=1S/C21H29N3O4S/c1-15(2)23-29(26,27)20-11-9-18(10-12-20)22-21(25)16(3)24(4)14-17-7-6-8-19(13-17)28-5/h6-13,15-16,23H,14H2,1-5H3,(H,22,25)/t16-/m0/s1. The van der Waals surface area contributed by atoms with Crippen LogP contribution >= 0.6 is 0 Å². The predicted octanol–water partition coefficient (Wildman–Crippen LogP) is 2.84. The molecule has 0 heterocycles. The topological polar surface area (TPSA) is 87.7 Å². The van der Waals surface area contributed by atoms with Crippen LogP contribution in [0.15, 0.2) is 53.4 Å². The number of amides is 1. The Morgan fingerprint density at radius 2 is 1.76 bits per heavy atom. The maximum Gasteiger partial charge on any atom is 0.241 e. The van der Waals surface area contributed by atoms with Crippen molar-refractivity contribution in [3.05, 3.63) is 54.1 Å². The monoisotopic (exact) mass is 419 g/mol. The van der Waals surface area contributed by atoms with Gasteiger partial charge < -0.3 is 10.1 Å². The lowest BCUT2D eigenvalue weighted by Gasteiger charge is -2.24. The molecule has 0 saturated heterocycles. The van der Waals surface area contributed by atoms with Crippen LogP contribution in [-0.4, -0.2) is 45.5 Å². The Kier molecular flexibility index (Phi) is 7.78. The number of hydrogen-bond acceptors (Lipinski definition) is 5. The third-order valence-electron chi connectivity index (χ3n) is 4.43. The van der Waals surface area contributed by atoms with E-state index in [0.717, 1.165) is 11.3 Å². The molecule has 0 aromatic heterocycles. The smallest absolute Gasteiger partial charge is 0.241 e. The number of rotatable bonds is 9. The molecule has 0 spiro atoms. The summed E-state index contributed by atoms with van der Waals surface area (Å²) in [6, 6.07) is 13.3. The maximum absolute atomic E-state index is 12.6. The van der Waals surface area contributed by atoms with Crippen molar-refractivity contribution in [1.82, 2.24) is 9.62 Å². The highest BCUT2D eigenvalue weighted by Gasteiger charge is 2.19. The van der Waals surface area contributed by atoms with Crippen molar-refractivity contribution in [1.29, 1.82) is 0 Å². The van der Waals surface area contributed by atoms with Crippen molar-refractivity contribution in [2.75, 3.05) is 19.5 Å². The average Bonchev–Trinajstić information content (AvgIpc) is 2.66. The number of ether oxygens (including phenoxy) is 1. The van der Waals surface area contributed by atoms with E-state index in [9.17, 15) is 13.2 Å². The molecule has 158 valence electrons. The third-order valence-corrected chi connectivity index (χ3v) is 6.10. The molecule has 1 amide bonds. The number of nitrogens with one attached hydrogen (secondary N) is 2. The summed E-state index contributed by atoms with van der Waals surface area (Å²) < 4.78 is 32.1. The lowest BCUT2D eigenvalue weighted by Crippen LogP contribution is -2.39. The Balaban J connectivity index is 1.99. The predicted molar refractivity (Wildman–Crippen MR) is 114 cm³/mol. The highest BCUT2D eigenvalue weighted by molar-refractivity contribution is 7.89. The van der Waals surface area contributed by atoms with Gasteiger partial charge in [0.25, 0.3) is 0 Å². The molecule has 2 N–H and O–H groups in total. The van der Waals surface area contributed by atoms with Crippen molar-refractivity contribution in [3.8, 4) is 5.75 Å². The molecule has 2 rings (SSSR count). The van der Waals surface area contributed by atoms with E-state index in [1.807, 2.05) is 43.1 Å². The fourth-order valence-corrected chi connectivity index (χ4v) is 3.99. The van der Waals surface area contributed by atoms with Crippen LogP contribution in [-0.2, 0) is 21.4 Å². The molecule has 0 saturated carbocycles. The van der Waals surface area contributed by atoms with Crippen LogP contribution in [0.2, 0.25) is 0 Å². The Bertz CT molecular complexity index is 927. The molecule has 0 radical (unpaired) electrons. The molecule has 8 heteroatoms. The highest BCUT2D eigenvalue weighted by Crippen LogP contribution is 2.17. The SMILES string of the molecule is COc1cccc(CN(C)[C@@H](C)C(=O)Nc2ccc(S(=O)(=O)NC(C)C)cc2)c1. The van der Waals surface area contributed by atoms with Crippen molar-refractivity contribution in [2.24, 2.45) is 0 Å². The summed E-state index contributed by atoms with van der Waals surface area (Å²) in [4.78, 5) is 14.7. The largest absolute Gasteiger partial charge is 0.497 e. The van der Waals surface area contributed by atoms with Crippen LogP contribution in [0.25, 0.3) is 0 Å². The molecule has 0 fully saturated rings. The van der Waals surface area contributed by atoms with Crippen LogP contribution in [0, 0.1) is 0 Å². The summed E-state index contributed by atoms with van der Waals surface area (Å²) in [5, 5.41) is 2.83. The summed E-state index contributed by atoms with van der Waals surface area (Å²) in [6.07, 6.45) is 0. The van der Waals surface area contributed by atoms with Crippen molar-refractivity contribution >= 4 is 21.6 Å². The molecule has 2 aromatic rings. The summed E-state index contributed by atoms with van der Waals surface area (Å²) in [5.74, 6) is 0.598. The Morgan fingerprint density at radius 1 is 1.10 bits per heavy atom. The van der Waals surface area contributed by atoms with Gasteiger partial charge in [0.2, 0.25) is 15.9 Å². The average molecular weight is 420 g/mol. The van der Waals surface area contributed by atoms with Gasteiger partial charge in [-0.05, 0) is 69.8 Å². The zero-order chi connectivity index (χ0) is 21.6. The summed E-state index contributed by atoms with van der Waals surface area (Å²) >= 11 is 0. The second-order valence-corrected chi connectivity index (χ2v) is 8.95. The fourth-order valence-electron chi connectivity index (χ4n) is 2.74. The number of nitrogens with zero attached hydrogens (tertiary/aromatic N) is 1. The Hall–Kier alpha value is -2.42. The van der Waals surface area contributed by atoms with E-state index in [1.165, 1.54) is 12.1 Å². The Labute approximate surface area is 173 Å². The van der Waals surface area contributed by atoms with Gasteiger partial charge in [-0.15, -0.1) is 0 Å². The lowest BCUT2D eigenvalue weighted by atomic mass is 10.1. The molecule has 0 bridgehead atoms. The number of carbonyl (C=O) groups excluding carboxylic acids is 1. The van der Waals surface area contributed by atoms with E-state index in [-0.39, 0.29) is 22.9 Å². The van der Waals surface area contributed by atoms with Crippen molar-refractivity contribution in [2.45, 2.75) is 44.3 Å². The van der Waals surface area contributed by atoms with E-state index in [0.29, 0.717) is 12.2 Å². The molecule has 0 unspecified atom stereocenters. The molecule has 7 nitrogen and oxygen atoms in total. The van der Waals surface area contributed by atoms with Crippen LogP contribution in [0.1, 0.15) is 26.3 Å². The van der Waals surface area contributed by atoms with Gasteiger partial charge in [0.15, 0.2) is 0 Å². The molecular weight excluding hydrogens is 390 g/mol. The van der Waals surface area contributed by atoms with Crippen LogP contribution < -0.4 is 14.8 Å². The van der Waals surface area contributed by atoms with E-state index < -0.39 is 10.0 Å². The molecule has 0 aliphatic rings. The van der Waals surface area contributed by atoms with Crippen LogP contribution in [0.3, 0.4) is 0 Å². The molecule has 2 aromatic carbocycles. The first-order chi connectivity index (χ1) is 13.6. The quantitative estimate of drug-likeness (QED) is 0.653. The minimum Gasteiger partial charge on any atom is -0.497 e. The summed E-state index contributed by atoms with van der Waals surface area (Å²) in [6.45, 7) is 5.93. The second-order valence-electron chi connectivity index (χ2n) is 7.23. The third kappa shape index (κ3) is 6.56. The van der Waals surface area contributed by atoms with Gasteiger partial charge in [0.05, 0.1) is 18.0 Å². The van der Waals surface area contributed by atoms with Gasteiger partial charge in [-0.1, -0.05) is 12.1 Å². The molecule has 1 atom stereocenters. The minimum atomic E-state index is -3.56. The first-order valence-electron chi connectivity index (χ1n) is 9.39. The number of hydrogen-bond donors (Lipinski definition) is 2. The number of methoxy groups -OCH3 is 1. The van der Waals surface area contributed by atoms with Crippen molar-refractivity contribution < 1.29 is 17.9 Å². The van der Waals surface area contributed by atoms with E-state index in [4.69, 9.17) is 4.74 Å². The Morgan fingerprint density at radius 3 is 2.34 bits per heavy atom. The van der Waals surface area contributed by atoms with Gasteiger partial charge in [-0.3, -0.25) is 9.69 Å². The van der Waals surface area contributed by atoms with Gasteiger partial charge >= 0.3 is 0 Å². The van der Waals surface area contributed by atoms with Crippen LogP contribution in [0.4, 0.5) is 5.69 Å². The molecular formula is C21H29N3O4S. The fraction of sp³-hybridized carbons (Fsp3) is 0.381. The van der Waals surface area contributed by atoms with Gasteiger partial charge in [0, 0.05) is 18.3 Å². The first kappa shape index (κ1) is 22.9. The van der Waals surface area contributed by atoms with Gasteiger partial charge in [0.1, 0.15) is 5.75 Å². The lowest BCUT2D eigenvalue weighted by molar-refractivity contribution is -0.120. The molecule has 0 aliphatic carbocycles. The van der Waals surface area contributed by atoms with E-state index in [2.05, 4.69) is 10.0 Å². The maximum atomic E-state index is 12.6. The molecule has 29 heavy (non-hydrogen) atoms. The zero-order valence-corrected chi connectivity index (χ0v) is 18.3. The van der Waals surface area contributed by atoms with Gasteiger partial charge in [-0.2, -0.15) is 0 Å². The minimum absolute atomic E-state index is 0.160. The zero-order valence-electron chi connectivity index (χ0n) is 17.5. The number of carbonyl (C=O) groups is 1. The van der Waals surface area contributed by atoms with E-state index >= 15 is 0 Å². The van der Waals surface area contributed by atoms with Crippen molar-refractivity contribution in [3.63, 3.8) is 0 Å².